The van der Waals surface area contributed by atoms with Crippen LogP contribution in [-0.4, -0.2) is 47.0 Å². The van der Waals surface area contributed by atoms with E-state index in [0.717, 1.165) is 38.9 Å². The summed E-state index contributed by atoms with van der Waals surface area (Å²) in [6.07, 6.45) is 6.40. The average Bonchev–Trinajstić information content (AvgIpc) is 2.93. The summed E-state index contributed by atoms with van der Waals surface area (Å²) in [6.45, 7) is 5.31. The molecule has 4 heteroatoms. The van der Waals surface area contributed by atoms with Crippen molar-refractivity contribution >= 4 is 0 Å². The van der Waals surface area contributed by atoms with Gasteiger partial charge in [0.25, 0.3) is 0 Å². The number of phenols is 1. The third-order valence-corrected chi connectivity index (χ3v) is 6.83. The van der Waals surface area contributed by atoms with Gasteiger partial charge < -0.3 is 19.8 Å². The molecule has 1 aromatic carbocycles. The number of rotatable bonds is 1. The van der Waals surface area contributed by atoms with Crippen LogP contribution in [0.2, 0.25) is 0 Å². The Balaban J connectivity index is 1.80. The fourth-order valence-corrected chi connectivity index (χ4v) is 5.76. The van der Waals surface area contributed by atoms with E-state index in [1.165, 1.54) is 11.1 Å². The van der Waals surface area contributed by atoms with Gasteiger partial charge in [-0.15, -0.1) is 0 Å². The number of hydrogen-bond acceptors (Lipinski definition) is 4. The minimum absolute atomic E-state index is 0.0111. The second-order valence-electron chi connectivity index (χ2n) is 7.58. The van der Waals surface area contributed by atoms with Crippen LogP contribution in [0.1, 0.15) is 30.9 Å². The van der Waals surface area contributed by atoms with Crippen LogP contribution in [0.4, 0.5) is 0 Å². The number of likely N-dealkylation sites (tertiary alicyclic amines) is 1. The van der Waals surface area contributed by atoms with E-state index in [4.69, 9.17) is 4.74 Å². The number of ether oxygens (including phenoxy) is 1. The molecule has 4 atom stereocenters. The predicted octanol–water partition coefficient (Wildman–Crippen LogP) is 1.98. The zero-order valence-corrected chi connectivity index (χ0v) is 13.5. The maximum atomic E-state index is 10.6. The number of phenolic OH excluding ortho intramolecular Hbond substituents is 1. The molecule has 122 valence electrons. The van der Waals surface area contributed by atoms with Gasteiger partial charge in [0.15, 0.2) is 11.5 Å². The number of aryl methyl sites for hydroxylation is 1. The van der Waals surface area contributed by atoms with Gasteiger partial charge in [-0.2, -0.15) is 0 Å². The third-order valence-electron chi connectivity index (χ3n) is 6.83. The molecule has 2 unspecified atom stereocenters. The highest BCUT2D eigenvalue weighted by atomic mass is 16.5. The number of nitrogens with zero attached hydrogens (tertiary/aromatic N) is 1. The Morgan fingerprint density at radius 2 is 2.22 bits per heavy atom. The number of aliphatic hydroxyl groups excluding tert-OH is 1. The largest absolute Gasteiger partial charge is 0.504 e. The molecule has 1 saturated heterocycles. The standard InChI is InChI=1S/C19H23NO3/c1-2-20-10-9-19-15-12-3-4-13(21)16(15)23-17(19)14(22)6-8-18(19,11-20)7-5-12/h3-4,6,8,14,17,21-22H,2,5,7,9-11H2,1H3/t14-,17-,18?,19?/m0/s1. The first-order chi connectivity index (χ1) is 11.1. The highest BCUT2D eigenvalue weighted by molar-refractivity contribution is 5.62. The quantitative estimate of drug-likeness (QED) is 0.779. The van der Waals surface area contributed by atoms with Gasteiger partial charge in [-0.3, -0.25) is 0 Å². The molecule has 1 spiro atoms. The van der Waals surface area contributed by atoms with Gasteiger partial charge in [-0.05, 0) is 44.0 Å². The first kappa shape index (κ1) is 13.9. The monoisotopic (exact) mass is 313 g/mol. The number of aliphatic hydroxyl groups is 1. The Bertz CT molecular complexity index is 715. The Labute approximate surface area is 136 Å². The van der Waals surface area contributed by atoms with Crippen molar-refractivity contribution in [1.29, 1.82) is 0 Å². The van der Waals surface area contributed by atoms with Crippen LogP contribution >= 0.6 is 0 Å². The molecule has 0 amide bonds. The van der Waals surface area contributed by atoms with Gasteiger partial charge in [0.2, 0.25) is 0 Å². The molecule has 0 radical (unpaired) electrons. The Kier molecular flexibility index (Phi) is 2.60. The molecule has 2 aliphatic heterocycles. The predicted molar refractivity (Wildman–Crippen MR) is 86.8 cm³/mol. The summed E-state index contributed by atoms with van der Waals surface area (Å²) in [5.74, 6) is 0.845. The number of aromatic hydroxyl groups is 1. The fourth-order valence-electron chi connectivity index (χ4n) is 5.76. The van der Waals surface area contributed by atoms with Crippen molar-refractivity contribution in [2.75, 3.05) is 19.6 Å². The smallest absolute Gasteiger partial charge is 0.165 e. The molecule has 2 N–H and O–H groups in total. The average molecular weight is 313 g/mol. The van der Waals surface area contributed by atoms with Crippen LogP contribution in [0.3, 0.4) is 0 Å². The zero-order valence-electron chi connectivity index (χ0n) is 13.5. The molecule has 1 aromatic rings. The lowest BCUT2D eigenvalue weighted by atomic mass is 9.47. The van der Waals surface area contributed by atoms with Crippen LogP contribution < -0.4 is 4.74 Å². The summed E-state index contributed by atoms with van der Waals surface area (Å²) >= 11 is 0. The highest BCUT2D eigenvalue weighted by Crippen LogP contribution is 2.66. The second kappa shape index (κ2) is 4.31. The van der Waals surface area contributed by atoms with E-state index in [1.807, 2.05) is 6.08 Å². The molecule has 23 heavy (non-hydrogen) atoms. The summed E-state index contributed by atoms with van der Waals surface area (Å²) in [4.78, 5) is 2.51. The van der Waals surface area contributed by atoms with Gasteiger partial charge in [0.1, 0.15) is 12.2 Å². The number of piperidine rings is 1. The van der Waals surface area contributed by atoms with Gasteiger partial charge in [0.05, 0.1) is 5.41 Å². The lowest BCUT2D eigenvalue weighted by molar-refractivity contribution is -0.0730. The minimum Gasteiger partial charge on any atom is -0.504 e. The van der Waals surface area contributed by atoms with Crippen molar-refractivity contribution in [3.63, 3.8) is 0 Å². The fraction of sp³-hybridized carbons (Fsp3) is 0.579. The Hall–Kier alpha value is -1.52. The maximum absolute atomic E-state index is 10.6. The molecule has 1 fully saturated rings. The van der Waals surface area contributed by atoms with Gasteiger partial charge in [0, 0.05) is 17.5 Å². The lowest BCUT2D eigenvalue weighted by Gasteiger charge is -2.60. The summed E-state index contributed by atoms with van der Waals surface area (Å²) in [5, 5.41) is 21.0. The SMILES string of the molecule is CCN1CCC23c4c5ccc(O)c4O[C@H]2[C@@H](O)C=CC3(CC5)C1. The molecule has 5 rings (SSSR count). The Morgan fingerprint density at radius 3 is 3.04 bits per heavy atom. The molecule has 4 nitrogen and oxygen atoms in total. The van der Waals surface area contributed by atoms with Gasteiger partial charge in [-0.1, -0.05) is 25.1 Å². The summed E-state index contributed by atoms with van der Waals surface area (Å²) in [6, 6.07) is 3.80. The normalized spacial score (nSPS) is 40.4. The van der Waals surface area contributed by atoms with E-state index in [1.54, 1.807) is 6.07 Å². The molecule has 2 heterocycles. The molecule has 0 bridgehead atoms. The van der Waals surface area contributed by atoms with Crippen molar-refractivity contribution in [2.24, 2.45) is 5.41 Å². The number of benzene rings is 1. The number of hydrogen-bond donors (Lipinski definition) is 2. The Morgan fingerprint density at radius 1 is 1.35 bits per heavy atom. The summed E-state index contributed by atoms with van der Waals surface area (Å²) in [5.41, 5.74) is 2.31. The minimum atomic E-state index is -0.603. The molecule has 2 aliphatic carbocycles. The van der Waals surface area contributed by atoms with E-state index in [0.29, 0.717) is 5.75 Å². The van der Waals surface area contributed by atoms with E-state index < -0.39 is 6.10 Å². The van der Waals surface area contributed by atoms with Crippen molar-refractivity contribution < 1.29 is 14.9 Å². The van der Waals surface area contributed by atoms with Crippen molar-refractivity contribution in [2.45, 2.75) is 43.8 Å². The highest BCUT2D eigenvalue weighted by Gasteiger charge is 2.67. The van der Waals surface area contributed by atoms with Crippen LogP contribution in [0.25, 0.3) is 0 Å². The molecule has 0 saturated carbocycles. The van der Waals surface area contributed by atoms with Crippen molar-refractivity contribution in [3.05, 3.63) is 35.4 Å². The van der Waals surface area contributed by atoms with E-state index in [2.05, 4.69) is 24.0 Å². The summed E-state index contributed by atoms with van der Waals surface area (Å²) in [7, 11) is 0. The second-order valence-corrected chi connectivity index (χ2v) is 7.58. The first-order valence-electron chi connectivity index (χ1n) is 8.73. The maximum Gasteiger partial charge on any atom is 0.165 e. The van der Waals surface area contributed by atoms with Crippen molar-refractivity contribution in [3.8, 4) is 11.5 Å². The topological polar surface area (TPSA) is 52.9 Å². The molecular formula is C19H23NO3. The van der Waals surface area contributed by atoms with E-state index in [-0.39, 0.29) is 22.7 Å². The van der Waals surface area contributed by atoms with Gasteiger partial charge >= 0.3 is 0 Å². The van der Waals surface area contributed by atoms with Crippen LogP contribution in [-0.2, 0) is 11.8 Å². The molecule has 4 aliphatic rings. The zero-order chi connectivity index (χ0) is 15.8. The summed E-state index contributed by atoms with van der Waals surface area (Å²) < 4.78 is 6.20. The van der Waals surface area contributed by atoms with E-state index in [9.17, 15) is 10.2 Å². The van der Waals surface area contributed by atoms with Crippen LogP contribution in [0, 0.1) is 5.41 Å². The van der Waals surface area contributed by atoms with Crippen LogP contribution in [0.5, 0.6) is 11.5 Å². The van der Waals surface area contributed by atoms with Crippen molar-refractivity contribution in [1.82, 2.24) is 4.90 Å². The third kappa shape index (κ3) is 1.45. The molecular weight excluding hydrogens is 290 g/mol. The lowest BCUT2D eigenvalue weighted by Crippen LogP contribution is -2.66. The van der Waals surface area contributed by atoms with E-state index >= 15 is 0 Å². The first-order valence-corrected chi connectivity index (χ1v) is 8.73. The van der Waals surface area contributed by atoms with Gasteiger partial charge in [-0.25, -0.2) is 0 Å². The molecule has 0 aromatic heterocycles. The van der Waals surface area contributed by atoms with Crippen LogP contribution in [0.15, 0.2) is 24.3 Å².